The monoisotopic (exact) mass is 444 g/mol. The van der Waals surface area contributed by atoms with Crippen molar-refractivity contribution < 1.29 is 17.9 Å². The zero-order chi connectivity index (χ0) is 22.3. The molecule has 2 aromatic carbocycles. The van der Waals surface area contributed by atoms with Gasteiger partial charge in [0.15, 0.2) is 0 Å². The van der Waals surface area contributed by atoms with Crippen LogP contribution in [0.25, 0.3) is 0 Å². The van der Waals surface area contributed by atoms with E-state index >= 15 is 0 Å². The van der Waals surface area contributed by atoms with E-state index in [4.69, 9.17) is 4.74 Å². The molecule has 0 bridgehead atoms. The van der Waals surface area contributed by atoms with Crippen molar-refractivity contribution >= 4 is 15.9 Å². The summed E-state index contributed by atoms with van der Waals surface area (Å²) in [4.78, 5) is 12.7. The Bertz CT molecular complexity index is 973. The van der Waals surface area contributed by atoms with Gasteiger partial charge < -0.3 is 10.1 Å². The van der Waals surface area contributed by atoms with Gasteiger partial charge in [-0.1, -0.05) is 29.8 Å². The summed E-state index contributed by atoms with van der Waals surface area (Å²) in [5, 5.41) is 2.95. The van der Waals surface area contributed by atoms with E-state index in [1.807, 2.05) is 50.2 Å². The molecule has 1 unspecified atom stereocenters. The number of hydrogen-bond acceptors (Lipinski definition) is 4. The van der Waals surface area contributed by atoms with E-state index in [2.05, 4.69) is 5.32 Å². The van der Waals surface area contributed by atoms with Gasteiger partial charge in [-0.05, 0) is 68.9 Å². The lowest BCUT2D eigenvalue weighted by Gasteiger charge is -2.32. The molecule has 0 radical (unpaired) electrons. The molecular formula is C24H32N2O4S. The average Bonchev–Trinajstić information content (AvgIpc) is 2.77. The van der Waals surface area contributed by atoms with Crippen LogP contribution < -0.4 is 10.1 Å². The van der Waals surface area contributed by atoms with E-state index in [0.717, 1.165) is 29.7 Å². The highest BCUT2D eigenvalue weighted by molar-refractivity contribution is 7.89. The molecule has 0 spiro atoms. The fourth-order valence-electron chi connectivity index (χ4n) is 3.88. The number of benzene rings is 2. The maximum absolute atomic E-state index is 13.0. The third-order valence-electron chi connectivity index (χ3n) is 5.62. The third kappa shape index (κ3) is 6.55. The Balaban J connectivity index is 1.48. The van der Waals surface area contributed by atoms with Gasteiger partial charge in [0, 0.05) is 26.1 Å². The second-order valence-corrected chi connectivity index (χ2v) is 10.0. The number of aryl methyl sites for hydroxylation is 1. The van der Waals surface area contributed by atoms with Crippen LogP contribution in [-0.2, 0) is 21.4 Å². The molecule has 0 aromatic heterocycles. The second kappa shape index (κ2) is 10.8. The van der Waals surface area contributed by atoms with Gasteiger partial charge in [0.2, 0.25) is 15.9 Å². The summed E-state index contributed by atoms with van der Waals surface area (Å²) in [7, 11) is -3.48. The number of piperidine rings is 1. The van der Waals surface area contributed by atoms with Crippen molar-refractivity contribution in [2.45, 2.75) is 51.0 Å². The first-order valence-corrected chi connectivity index (χ1v) is 12.4. The zero-order valence-electron chi connectivity index (χ0n) is 18.3. The lowest BCUT2D eigenvalue weighted by Crippen LogP contribution is -2.40. The molecule has 31 heavy (non-hydrogen) atoms. The van der Waals surface area contributed by atoms with Crippen molar-refractivity contribution in [1.82, 2.24) is 9.62 Å². The molecule has 1 saturated heterocycles. The van der Waals surface area contributed by atoms with Crippen LogP contribution in [0, 0.1) is 12.8 Å². The molecule has 1 heterocycles. The van der Waals surface area contributed by atoms with Gasteiger partial charge in [0.1, 0.15) is 5.75 Å². The van der Waals surface area contributed by atoms with Crippen LogP contribution in [0.2, 0.25) is 0 Å². The number of nitrogens with zero attached hydrogens (tertiary/aromatic N) is 1. The van der Waals surface area contributed by atoms with E-state index < -0.39 is 10.0 Å². The molecule has 1 aliphatic rings. The van der Waals surface area contributed by atoms with Gasteiger partial charge in [0.05, 0.1) is 11.5 Å². The SMILES string of the molecule is CCOc1cccc(CNC(=O)CCC2CCCN(S(=O)(=O)c3ccc(C)cc3)C2)c1. The molecule has 2 aromatic rings. The maximum atomic E-state index is 13.0. The number of ether oxygens (including phenoxy) is 1. The topological polar surface area (TPSA) is 75.7 Å². The Hall–Kier alpha value is -2.38. The number of carbonyl (C=O) groups is 1. The first-order chi connectivity index (χ1) is 14.9. The summed E-state index contributed by atoms with van der Waals surface area (Å²) >= 11 is 0. The molecule has 168 valence electrons. The molecule has 6 nitrogen and oxygen atoms in total. The number of rotatable bonds is 9. The Morgan fingerprint density at radius 3 is 2.71 bits per heavy atom. The number of amides is 1. The molecule has 0 saturated carbocycles. The number of nitrogens with one attached hydrogen (secondary N) is 1. The predicted octanol–water partition coefficient (Wildman–Crippen LogP) is 3.89. The van der Waals surface area contributed by atoms with E-state index in [1.54, 1.807) is 16.4 Å². The summed E-state index contributed by atoms with van der Waals surface area (Å²) in [6, 6.07) is 14.7. The van der Waals surface area contributed by atoms with E-state index in [-0.39, 0.29) is 11.8 Å². The van der Waals surface area contributed by atoms with Gasteiger partial charge in [-0.25, -0.2) is 8.42 Å². The standard InChI is InChI=1S/C24H32N2O4S/c1-3-30-22-8-4-6-21(16-22)17-25-24(27)14-11-20-7-5-15-26(18-20)31(28,29)23-12-9-19(2)10-13-23/h4,6,8-10,12-13,16,20H,3,5,7,11,14-15,17-18H2,1-2H3,(H,25,27). The Morgan fingerprint density at radius 1 is 1.19 bits per heavy atom. The van der Waals surface area contributed by atoms with Crippen LogP contribution >= 0.6 is 0 Å². The number of hydrogen-bond donors (Lipinski definition) is 1. The van der Waals surface area contributed by atoms with Crippen molar-refractivity contribution in [1.29, 1.82) is 0 Å². The molecular weight excluding hydrogens is 412 g/mol. The summed E-state index contributed by atoms with van der Waals surface area (Å²) in [6.45, 7) is 5.95. The molecule has 1 N–H and O–H groups in total. The predicted molar refractivity (Wildman–Crippen MR) is 121 cm³/mol. The van der Waals surface area contributed by atoms with Crippen molar-refractivity contribution in [3.05, 3.63) is 59.7 Å². The first kappa shape index (κ1) is 23.3. The molecule has 1 aliphatic heterocycles. The second-order valence-electron chi connectivity index (χ2n) is 8.08. The maximum Gasteiger partial charge on any atom is 0.243 e. The molecule has 7 heteroatoms. The fraction of sp³-hybridized carbons (Fsp3) is 0.458. The van der Waals surface area contributed by atoms with Crippen LogP contribution in [0.15, 0.2) is 53.4 Å². The van der Waals surface area contributed by atoms with E-state index in [1.165, 1.54) is 0 Å². The minimum atomic E-state index is -3.48. The van der Waals surface area contributed by atoms with Gasteiger partial charge in [-0.15, -0.1) is 0 Å². The zero-order valence-corrected chi connectivity index (χ0v) is 19.2. The van der Waals surface area contributed by atoms with E-state index in [0.29, 0.717) is 44.0 Å². The normalized spacial score (nSPS) is 17.3. The number of carbonyl (C=O) groups excluding carboxylic acids is 1. The minimum Gasteiger partial charge on any atom is -0.494 e. The lowest BCUT2D eigenvalue weighted by molar-refractivity contribution is -0.121. The van der Waals surface area contributed by atoms with Crippen molar-refractivity contribution in [2.24, 2.45) is 5.92 Å². The van der Waals surface area contributed by atoms with Crippen molar-refractivity contribution in [3.63, 3.8) is 0 Å². The van der Waals surface area contributed by atoms with Crippen LogP contribution in [0.1, 0.15) is 43.7 Å². The molecule has 1 amide bonds. The van der Waals surface area contributed by atoms with Gasteiger partial charge in [0.25, 0.3) is 0 Å². The minimum absolute atomic E-state index is 0.0136. The lowest BCUT2D eigenvalue weighted by atomic mass is 9.94. The van der Waals surface area contributed by atoms with Crippen molar-refractivity contribution in [2.75, 3.05) is 19.7 Å². The van der Waals surface area contributed by atoms with Gasteiger partial charge in [-0.2, -0.15) is 4.31 Å². The summed E-state index contributed by atoms with van der Waals surface area (Å²) in [5.41, 5.74) is 2.03. The summed E-state index contributed by atoms with van der Waals surface area (Å²) in [6.07, 6.45) is 2.85. The fourth-order valence-corrected chi connectivity index (χ4v) is 5.43. The Kier molecular flexibility index (Phi) is 8.09. The highest BCUT2D eigenvalue weighted by atomic mass is 32.2. The van der Waals surface area contributed by atoms with Crippen LogP contribution in [0.5, 0.6) is 5.75 Å². The highest BCUT2D eigenvalue weighted by Crippen LogP contribution is 2.26. The van der Waals surface area contributed by atoms with E-state index in [9.17, 15) is 13.2 Å². The largest absolute Gasteiger partial charge is 0.494 e. The quantitative estimate of drug-likeness (QED) is 0.637. The Morgan fingerprint density at radius 2 is 1.97 bits per heavy atom. The first-order valence-electron chi connectivity index (χ1n) is 10.9. The van der Waals surface area contributed by atoms with Crippen LogP contribution in [0.3, 0.4) is 0 Å². The van der Waals surface area contributed by atoms with Crippen LogP contribution in [0.4, 0.5) is 0 Å². The molecule has 0 aliphatic carbocycles. The van der Waals surface area contributed by atoms with Gasteiger partial charge >= 0.3 is 0 Å². The highest BCUT2D eigenvalue weighted by Gasteiger charge is 2.30. The van der Waals surface area contributed by atoms with Crippen LogP contribution in [-0.4, -0.2) is 38.3 Å². The molecule has 1 fully saturated rings. The molecule has 1 atom stereocenters. The average molecular weight is 445 g/mol. The third-order valence-corrected chi connectivity index (χ3v) is 7.50. The Labute approximate surface area is 185 Å². The molecule has 3 rings (SSSR count). The summed E-state index contributed by atoms with van der Waals surface area (Å²) in [5.74, 6) is 0.979. The summed E-state index contributed by atoms with van der Waals surface area (Å²) < 4.78 is 33.0. The van der Waals surface area contributed by atoms with Gasteiger partial charge in [-0.3, -0.25) is 4.79 Å². The number of sulfonamides is 1. The smallest absolute Gasteiger partial charge is 0.243 e. The van der Waals surface area contributed by atoms with Crippen molar-refractivity contribution in [3.8, 4) is 5.75 Å².